The van der Waals surface area contributed by atoms with Crippen LogP contribution in [0.15, 0.2) is 17.2 Å². The second-order valence-electron chi connectivity index (χ2n) is 2.26. The van der Waals surface area contributed by atoms with Gasteiger partial charge in [-0.15, -0.1) is 11.8 Å². The van der Waals surface area contributed by atoms with E-state index in [-0.39, 0.29) is 0 Å². The highest BCUT2D eigenvalue weighted by Crippen LogP contribution is 2.13. The lowest BCUT2D eigenvalue weighted by Crippen LogP contribution is -1.86. The summed E-state index contributed by atoms with van der Waals surface area (Å²) in [5.41, 5.74) is 2.39. The molecular formula is C8H11NS. The molecule has 0 aliphatic rings. The molecule has 54 valence electrons. The smallest absolute Gasteiger partial charge is 0.0960 e. The largest absolute Gasteiger partial charge is 0.247 e. The molecule has 1 heterocycles. The number of aromatic nitrogens is 1. The van der Waals surface area contributed by atoms with Crippen LogP contribution in [0.1, 0.15) is 11.3 Å². The van der Waals surface area contributed by atoms with Gasteiger partial charge in [-0.25, -0.2) is 4.98 Å². The van der Waals surface area contributed by atoms with Gasteiger partial charge in [-0.1, -0.05) is 6.07 Å². The quantitative estimate of drug-likeness (QED) is 0.575. The fraction of sp³-hybridized carbons (Fsp3) is 0.375. The summed E-state index contributed by atoms with van der Waals surface area (Å²) in [6.45, 7) is 4.11. The normalized spacial score (nSPS) is 9.90. The molecule has 1 aromatic rings. The Labute approximate surface area is 65.9 Å². The Kier molecular flexibility index (Phi) is 2.33. The number of rotatable bonds is 1. The second kappa shape index (κ2) is 3.06. The van der Waals surface area contributed by atoms with E-state index in [0.717, 1.165) is 10.7 Å². The van der Waals surface area contributed by atoms with Crippen LogP contribution in [0.25, 0.3) is 0 Å². The lowest BCUT2D eigenvalue weighted by atomic mass is 10.2. The van der Waals surface area contributed by atoms with E-state index >= 15 is 0 Å². The van der Waals surface area contributed by atoms with Crippen LogP contribution in [0.3, 0.4) is 0 Å². The van der Waals surface area contributed by atoms with Crippen molar-refractivity contribution in [3.05, 3.63) is 23.4 Å². The summed E-state index contributed by atoms with van der Waals surface area (Å²) >= 11 is 1.68. The minimum absolute atomic E-state index is 1.10. The minimum Gasteiger partial charge on any atom is -0.247 e. The van der Waals surface area contributed by atoms with E-state index in [1.807, 2.05) is 19.2 Å². The van der Waals surface area contributed by atoms with Crippen molar-refractivity contribution in [1.29, 1.82) is 0 Å². The molecular weight excluding hydrogens is 142 g/mol. The first-order valence-electron chi connectivity index (χ1n) is 3.22. The number of pyridine rings is 1. The van der Waals surface area contributed by atoms with Gasteiger partial charge in [0.15, 0.2) is 0 Å². The van der Waals surface area contributed by atoms with Crippen molar-refractivity contribution >= 4 is 11.8 Å². The monoisotopic (exact) mass is 153 g/mol. The SMILES string of the molecule is CSc1ccc(C)c(C)n1. The van der Waals surface area contributed by atoms with Crippen LogP contribution in [0.2, 0.25) is 0 Å². The highest BCUT2D eigenvalue weighted by molar-refractivity contribution is 7.98. The lowest BCUT2D eigenvalue weighted by Gasteiger charge is -1.99. The first kappa shape index (κ1) is 7.61. The lowest BCUT2D eigenvalue weighted by molar-refractivity contribution is 1.04. The molecule has 10 heavy (non-hydrogen) atoms. The Hall–Kier alpha value is -0.500. The maximum Gasteiger partial charge on any atom is 0.0960 e. The molecule has 0 aromatic carbocycles. The Balaban J connectivity index is 3.04. The second-order valence-corrected chi connectivity index (χ2v) is 3.08. The zero-order valence-corrected chi connectivity index (χ0v) is 7.33. The van der Waals surface area contributed by atoms with Crippen LogP contribution < -0.4 is 0 Å². The van der Waals surface area contributed by atoms with Gasteiger partial charge in [0.05, 0.1) is 5.03 Å². The van der Waals surface area contributed by atoms with Crippen molar-refractivity contribution in [2.75, 3.05) is 6.26 Å². The fourth-order valence-corrected chi connectivity index (χ4v) is 1.15. The van der Waals surface area contributed by atoms with Crippen LogP contribution in [-0.4, -0.2) is 11.2 Å². The van der Waals surface area contributed by atoms with Crippen LogP contribution in [-0.2, 0) is 0 Å². The van der Waals surface area contributed by atoms with E-state index in [2.05, 4.69) is 18.0 Å². The first-order chi connectivity index (χ1) is 4.74. The number of aryl methyl sites for hydroxylation is 2. The summed E-state index contributed by atoms with van der Waals surface area (Å²) in [6.07, 6.45) is 2.04. The molecule has 0 radical (unpaired) electrons. The van der Waals surface area contributed by atoms with Crippen LogP contribution in [0.4, 0.5) is 0 Å². The summed E-state index contributed by atoms with van der Waals surface area (Å²) in [6, 6.07) is 4.15. The summed E-state index contributed by atoms with van der Waals surface area (Å²) in [4.78, 5) is 4.35. The molecule has 0 saturated carbocycles. The Morgan fingerprint density at radius 3 is 2.50 bits per heavy atom. The van der Waals surface area contributed by atoms with Crippen molar-refractivity contribution in [3.8, 4) is 0 Å². The van der Waals surface area contributed by atoms with Crippen LogP contribution in [0.5, 0.6) is 0 Å². The molecule has 0 fully saturated rings. The van der Waals surface area contributed by atoms with Gasteiger partial charge in [-0.3, -0.25) is 0 Å². The summed E-state index contributed by atoms with van der Waals surface area (Å²) < 4.78 is 0. The predicted octanol–water partition coefficient (Wildman–Crippen LogP) is 2.42. The molecule has 1 nitrogen and oxygen atoms in total. The topological polar surface area (TPSA) is 12.9 Å². The standard InChI is InChI=1S/C8H11NS/c1-6-4-5-8(10-3)9-7(6)2/h4-5H,1-3H3. The zero-order valence-electron chi connectivity index (χ0n) is 6.51. The molecule has 0 unspecified atom stereocenters. The number of nitrogens with zero attached hydrogens (tertiary/aromatic N) is 1. The third-order valence-electron chi connectivity index (χ3n) is 1.53. The van der Waals surface area contributed by atoms with E-state index in [4.69, 9.17) is 0 Å². The van der Waals surface area contributed by atoms with Gasteiger partial charge in [0.1, 0.15) is 0 Å². The molecule has 0 atom stereocenters. The van der Waals surface area contributed by atoms with Crippen molar-refractivity contribution in [1.82, 2.24) is 4.98 Å². The molecule has 0 N–H and O–H groups in total. The van der Waals surface area contributed by atoms with Crippen molar-refractivity contribution in [2.45, 2.75) is 18.9 Å². The number of thioether (sulfide) groups is 1. The molecule has 0 spiro atoms. The van der Waals surface area contributed by atoms with E-state index < -0.39 is 0 Å². The number of hydrogen-bond donors (Lipinski definition) is 0. The van der Waals surface area contributed by atoms with Gasteiger partial charge >= 0.3 is 0 Å². The van der Waals surface area contributed by atoms with Crippen molar-refractivity contribution < 1.29 is 0 Å². The maximum absolute atomic E-state index is 4.35. The van der Waals surface area contributed by atoms with Crippen LogP contribution in [0, 0.1) is 13.8 Å². The van der Waals surface area contributed by atoms with E-state index in [0.29, 0.717) is 0 Å². The van der Waals surface area contributed by atoms with Gasteiger partial charge in [-0.2, -0.15) is 0 Å². The Morgan fingerprint density at radius 2 is 2.00 bits per heavy atom. The molecule has 1 aromatic heterocycles. The predicted molar refractivity (Wildman–Crippen MR) is 45.5 cm³/mol. The summed E-state index contributed by atoms with van der Waals surface area (Å²) in [5.74, 6) is 0. The summed E-state index contributed by atoms with van der Waals surface area (Å²) in [7, 11) is 0. The van der Waals surface area contributed by atoms with Gasteiger partial charge in [-0.05, 0) is 31.7 Å². The minimum atomic E-state index is 1.10. The average Bonchev–Trinajstić information content (AvgIpc) is 1.95. The van der Waals surface area contributed by atoms with E-state index in [1.54, 1.807) is 11.8 Å². The molecule has 0 aliphatic carbocycles. The third kappa shape index (κ3) is 1.51. The van der Waals surface area contributed by atoms with E-state index in [9.17, 15) is 0 Å². The van der Waals surface area contributed by atoms with Crippen LogP contribution >= 0.6 is 11.8 Å². The summed E-state index contributed by atoms with van der Waals surface area (Å²) in [5, 5.41) is 1.10. The van der Waals surface area contributed by atoms with Crippen molar-refractivity contribution in [3.63, 3.8) is 0 Å². The maximum atomic E-state index is 4.35. The van der Waals surface area contributed by atoms with Gasteiger partial charge in [0.25, 0.3) is 0 Å². The molecule has 2 heteroatoms. The Morgan fingerprint density at radius 1 is 1.30 bits per heavy atom. The third-order valence-corrected chi connectivity index (χ3v) is 2.18. The molecule has 0 saturated heterocycles. The highest BCUT2D eigenvalue weighted by Gasteiger charge is 1.94. The fourth-order valence-electron chi connectivity index (χ4n) is 0.721. The average molecular weight is 153 g/mol. The molecule has 0 amide bonds. The molecule has 0 aliphatic heterocycles. The van der Waals surface area contributed by atoms with Crippen molar-refractivity contribution in [2.24, 2.45) is 0 Å². The van der Waals surface area contributed by atoms with Gasteiger partial charge in [0.2, 0.25) is 0 Å². The number of hydrogen-bond acceptors (Lipinski definition) is 2. The highest BCUT2D eigenvalue weighted by atomic mass is 32.2. The first-order valence-corrected chi connectivity index (χ1v) is 4.45. The van der Waals surface area contributed by atoms with Gasteiger partial charge < -0.3 is 0 Å². The van der Waals surface area contributed by atoms with Gasteiger partial charge in [0, 0.05) is 5.69 Å². The molecule has 0 bridgehead atoms. The molecule has 1 rings (SSSR count). The zero-order chi connectivity index (χ0) is 7.56. The Bertz CT molecular complexity index is 233. The van der Waals surface area contributed by atoms with E-state index in [1.165, 1.54) is 5.56 Å².